The van der Waals surface area contributed by atoms with Gasteiger partial charge in [-0.15, -0.1) is 11.3 Å². The van der Waals surface area contributed by atoms with Crippen molar-refractivity contribution in [3.63, 3.8) is 0 Å². The largest absolute Gasteiger partial charge is 0.351 e. The van der Waals surface area contributed by atoms with E-state index in [1.54, 1.807) is 17.4 Å². The van der Waals surface area contributed by atoms with Crippen LogP contribution in [-0.2, 0) is 0 Å². The van der Waals surface area contributed by atoms with Crippen LogP contribution < -0.4 is 5.32 Å². The van der Waals surface area contributed by atoms with E-state index >= 15 is 0 Å². The summed E-state index contributed by atoms with van der Waals surface area (Å²) in [6.45, 7) is 10.1. The molecule has 0 saturated heterocycles. The third-order valence-corrected chi connectivity index (χ3v) is 4.59. The van der Waals surface area contributed by atoms with Crippen molar-refractivity contribution in [2.24, 2.45) is 0 Å². The molecule has 0 aliphatic heterocycles. The Bertz CT molecular complexity index is 611. The minimum Gasteiger partial charge on any atom is -0.351 e. The summed E-state index contributed by atoms with van der Waals surface area (Å²) in [5.41, 5.74) is 1.80. The molecule has 0 aromatic carbocycles. The van der Waals surface area contributed by atoms with Crippen LogP contribution in [0.25, 0.3) is 0 Å². The predicted molar refractivity (Wildman–Crippen MR) is 82.7 cm³/mol. The summed E-state index contributed by atoms with van der Waals surface area (Å²) in [6.07, 6.45) is 0.781. The summed E-state index contributed by atoms with van der Waals surface area (Å²) in [5.74, 6) is 0.246. The van der Waals surface area contributed by atoms with E-state index in [0.717, 1.165) is 22.8 Å². The lowest BCUT2D eigenvalue weighted by molar-refractivity contribution is 0.0898. The average Bonchev–Trinajstić information content (AvgIpc) is 3.04. The number of nitrogens with zero attached hydrogens (tertiary/aromatic N) is 2. The highest BCUT2D eigenvalue weighted by Crippen LogP contribution is 2.25. The van der Waals surface area contributed by atoms with Crippen molar-refractivity contribution in [2.75, 3.05) is 0 Å². The Hall–Kier alpha value is -1.69. The summed E-state index contributed by atoms with van der Waals surface area (Å²) in [6, 6.07) is 1.60. The first-order valence-corrected chi connectivity index (χ1v) is 7.95. The van der Waals surface area contributed by atoms with Gasteiger partial charge in [-0.05, 0) is 26.2 Å². The molecule has 2 aromatic rings. The molecule has 2 aromatic heterocycles. The molecule has 0 radical (unpaired) electrons. The van der Waals surface area contributed by atoms with Crippen molar-refractivity contribution in [1.29, 1.82) is 0 Å². The van der Waals surface area contributed by atoms with Crippen molar-refractivity contribution in [1.82, 2.24) is 15.5 Å². The molecule has 1 N–H and O–H groups in total. The minimum atomic E-state index is -0.244. The Morgan fingerprint density at radius 1 is 1.43 bits per heavy atom. The predicted octanol–water partition coefficient (Wildman–Crippen LogP) is 3.75. The number of carbonyl (C=O) groups excluding carboxylic acids is 1. The van der Waals surface area contributed by atoms with Crippen molar-refractivity contribution < 1.29 is 9.32 Å². The quantitative estimate of drug-likeness (QED) is 0.913. The van der Waals surface area contributed by atoms with Gasteiger partial charge in [0.2, 0.25) is 5.76 Å². The molecule has 6 heteroatoms. The van der Waals surface area contributed by atoms with Gasteiger partial charge in [-0.1, -0.05) is 25.9 Å². The molecule has 0 unspecified atom stereocenters. The lowest BCUT2D eigenvalue weighted by Gasteiger charge is -2.12. The molecule has 1 amide bonds. The normalized spacial score (nSPS) is 12.7. The Balaban J connectivity index is 2.12. The van der Waals surface area contributed by atoms with Gasteiger partial charge in [0.15, 0.2) is 0 Å². The highest BCUT2D eigenvalue weighted by molar-refractivity contribution is 7.11. The van der Waals surface area contributed by atoms with Crippen LogP contribution in [0.2, 0.25) is 0 Å². The third-order valence-electron chi connectivity index (χ3n) is 3.40. The second-order valence-electron chi connectivity index (χ2n) is 5.40. The first kappa shape index (κ1) is 15.7. The zero-order valence-corrected chi connectivity index (χ0v) is 13.9. The number of hydrogen-bond donors (Lipinski definition) is 1. The fourth-order valence-corrected chi connectivity index (χ4v) is 2.94. The monoisotopic (exact) mass is 307 g/mol. The fourth-order valence-electron chi connectivity index (χ4n) is 1.88. The molecule has 0 aliphatic carbocycles. The second-order valence-corrected chi connectivity index (χ2v) is 6.63. The van der Waals surface area contributed by atoms with Crippen LogP contribution in [0, 0.1) is 13.8 Å². The van der Waals surface area contributed by atoms with E-state index in [1.807, 2.05) is 34.6 Å². The molecule has 1 atom stereocenters. The molecule has 0 saturated carbocycles. The van der Waals surface area contributed by atoms with Crippen molar-refractivity contribution in [3.05, 3.63) is 33.1 Å². The number of aromatic nitrogens is 2. The van der Waals surface area contributed by atoms with Crippen LogP contribution >= 0.6 is 11.3 Å². The Morgan fingerprint density at radius 3 is 2.62 bits per heavy atom. The number of thiazole rings is 1. The summed E-state index contributed by atoms with van der Waals surface area (Å²) in [5, 5.41) is 7.81. The van der Waals surface area contributed by atoms with Gasteiger partial charge in [0, 0.05) is 10.9 Å². The summed E-state index contributed by atoms with van der Waals surface area (Å²) in [4.78, 5) is 17.9. The van der Waals surface area contributed by atoms with E-state index in [2.05, 4.69) is 15.5 Å². The van der Waals surface area contributed by atoms with Gasteiger partial charge in [0.25, 0.3) is 5.91 Å². The minimum absolute atomic E-state index is 0.0949. The van der Waals surface area contributed by atoms with E-state index in [4.69, 9.17) is 4.52 Å². The van der Waals surface area contributed by atoms with Gasteiger partial charge in [0.05, 0.1) is 17.4 Å². The van der Waals surface area contributed by atoms with Crippen molar-refractivity contribution in [3.8, 4) is 0 Å². The lowest BCUT2D eigenvalue weighted by Crippen LogP contribution is -2.27. The van der Waals surface area contributed by atoms with E-state index in [1.165, 1.54) is 4.88 Å². The van der Waals surface area contributed by atoms with Crippen LogP contribution in [0.15, 0.2) is 10.6 Å². The highest BCUT2D eigenvalue weighted by atomic mass is 32.1. The van der Waals surface area contributed by atoms with E-state index in [9.17, 15) is 4.79 Å². The molecule has 2 heterocycles. The third kappa shape index (κ3) is 3.50. The number of carbonyl (C=O) groups is 1. The van der Waals surface area contributed by atoms with Gasteiger partial charge >= 0.3 is 0 Å². The zero-order chi connectivity index (χ0) is 15.6. The molecule has 0 fully saturated rings. The number of aryl methyl sites for hydroxylation is 2. The molecule has 2 rings (SSSR count). The van der Waals surface area contributed by atoms with Crippen LogP contribution in [0.3, 0.4) is 0 Å². The van der Waals surface area contributed by atoms with E-state index < -0.39 is 0 Å². The second kappa shape index (κ2) is 6.39. The first-order valence-electron chi connectivity index (χ1n) is 7.13. The van der Waals surface area contributed by atoms with Gasteiger partial charge in [0.1, 0.15) is 5.01 Å². The molecule has 0 aliphatic rings. The highest BCUT2D eigenvalue weighted by Gasteiger charge is 2.21. The summed E-state index contributed by atoms with van der Waals surface area (Å²) >= 11 is 1.62. The van der Waals surface area contributed by atoms with E-state index in [-0.39, 0.29) is 23.6 Å². The standard InChI is InChI=1S/C15H21N3O2S/c1-6-11(15-16-9(4)10(5)21-15)17-14(19)13-7-12(8(2)3)18-20-13/h7-8,11H,6H2,1-5H3,(H,17,19)/t11-/m1/s1. The maximum absolute atomic E-state index is 12.2. The van der Waals surface area contributed by atoms with Gasteiger partial charge in [-0.3, -0.25) is 4.79 Å². The molecule has 114 valence electrons. The fraction of sp³-hybridized carbons (Fsp3) is 0.533. The lowest BCUT2D eigenvalue weighted by atomic mass is 10.1. The Kier molecular flexibility index (Phi) is 4.77. The van der Waals surface area contributed by atoms with Gasteiger partial charge in [-0.25, -0.2) is 4.98 Å². The zero-order valence-electron chi connectivity index (χ0n) is 13.1. The van der Waals surface area contributed by atoms with Gasteiger partial charge < -0.3 is 9.84 Å². The summed E-state index contributed by atoms with van der Waals surface area (Å²) in [7, 11) is 0. The van der Waals surface area contributed by atoms with E-state index in [0.29, 0.717) is 0 Å². The Morgan fingerprint density at radius 2 is 2.14 bits per heavy atom. The first-order chi connectivity index (χ1) is 9.92. The smallest absolute Gasteiger partial charge is 0.290 e. The van der Waals surface area contributed by atoms with Crippen LogP contribution in [0.5, 0.6) is 0 Å². The van der Waals surface area contributed by atoms with Crippen molar-refractivity contribution in [2.45, 2.75) is 53.0 Å². The number of rotatable bonds is 5. The molecule has 0 spiro atoms. The number of amides is 1. The molecule has 0 bridgehead atoms. The van der Waals surface area contributed by atoms with Gasteiger partial charge in [-0.2, -0.15) is 0 Å². The SMILES string of the molecule is CC[C@@H](NC(=O)c1cc(C(C)C)no1)c1nc(C)c(C)s1. The average molecular weight is 307 g/mol. The molecular weight excluding hydrogens is 286 g/mol. The number of hydrogen-bond acceptors (Lipinski definition) is 5. The van der Waals surface area contributed by atoms with Crippen molar-refractivity contribution >= 4 is 17.2 Å². The van der Waals surface area contributed by atoms with Crippen LogP contribution in [0.4, 0.5) is 0 Å². The Labute approximate surface area is 128 Å². The van der Waals surface area contributed by atoms with Crippen LogP contribution in [0.1, 0.15) is 71.0 Å². The van der Waals surface area contributed by atoms with Crippen LogP contribution in [-0.4, -0.2) is 16.0 Å². The molecule has 21 heavy (non-hydrogen) atoms. The molecular formula is C15H21N3O2S. The maximum atomic E-state index is 12.2. The maximum Gasteiger partial charge on any atom is 0.290 e. The summed E-state index contributed by atoms with van der Waals surface area (Å²) < 4.78 is 5.12. The number of nitrogens with one attached hydrogen (secondary N) is 1. The topological polar surface area (TPSA) is 68.0 Å². The molecule has 5 nitrogen and oxygen atoms in total.